The summed E-state index contributed by atoms with van der Waals surface area (Å²) in [5.74, 6) is 0.105. The van der Waals surface area contributed by atoms with Gasteiger partial charge in [0.1, 0.15) is 5.75 Å². The van der Waals surface area contributed by atoms with Crippen molar-refractivity contribution in [3.8, 4) is 5.75 Å². The van der Waals surface area contributed by atoms with E-state index in [9.17, 15) is 23.1 Å². The topological polar surface area (TPSA) is 70.6 Å². The Morgan fingerprint density at radius 2 is 2.08 bits per heavy atom. The summed E-state index contributed by atoms with van der Waals surface area (Å²) >= 11 is 0. The molecule has 1 aliphatic rings. The van der Waals surface area contributed by atoms with Crippen LogP contribution in [0, 0.1) is 5.92 Å². The largest absolute Gasteiger partial charge is 0.497 e. The van der Waals surface area contributed by atoms with Gasteiger partial charge in [0.15, 0.2) is 0 Å². The minimum atomic E-state index is -4.53. The fraction of sp³-hybridized carbons (Fsp3) is 0.562. The van der Waals surface area contributed by atoms with Crippen LogP contribution in [0.3, 0.4) is 0 Å². The molecule has 1 saturated carbocycles. The Bertz CT molecular complexity index is 578. The maximum atomic E-state index is 13.1. The molecule has 2 atom stereocenters. The fourth-order valence-corrected chi connectivity index (χ4v) is 2.82. The first kappa shape index (κ1) is 18.4. The lowest BCUT2D eigenvalue weighted by Gasteiger charge is -2.17. The normalized spacial score (nSPS) is 20.7. The van der Waals surface area contributed by atoms with Gasteiger partial charge in [-0.1, -0.05) is 12.5 Å². The van der Waals surface area contributed by atoms with Gasteiger partial charge in [-0.15, -0.1) is 0 Å². The highest BCUT2D eigenvalue weighted by molar-refractivity contribution is 5.73. The summed E-state index contributed by atoms with van der Waals surface area (Å²) < 4.78 is 44.0. The second-order valence-electron chi connectivity index (χ2n) is 5.84. The molecule has 2 amide bonds. The van der Waals surface area contributed by atoms with E-state index in [4.69, 9.17) is 4.74 Å². The third kappa shape index (κ3) is 4.77. The van der Waals surface area contributed by atoms with Crippen molar-refractivity contribution in [2.24, 2.45) is 5.92 Å². The summed E-state index contributed by atoms with van der Waals surface area (Å²) in [4.78, 5) is 11.8. The SMILES string of the molecule is COc1ccc(CNC(=O)NCC2CCCC2O)c(C(F)(F)F)c1. The number of nitrogens with one attached hydrogen (secondary N) is 2. The molecule has 0 saturated heterocycles. The smallest absolute Gasteiger partial charge is 0.416 e. The molecule has 3 N–H and O–H groups in total. The van der Waals surface area contributed by atoms with Crippen molar-refractivity contribution in [3.05, 3.63) is 29.3 Å². The van der Waals surface area contributed by atoms with Gasteiger partial charge in [0, 0.05) is 19.0 Å². The first-order chi connectivity index (χ1) is 11.3. The molecule has 2 unspecified atom stereocenters. The molecule has 0 aromatic heterocycles. The molecule has 1 fully saturated rings. The Hall–Kier alpha value is -1.96. The van der Waals surface area contributed by atoms with Crippen LogP contribution in [-0.4, -0.2) is 30.9 Å². The number of hydrogen-bond acceptors (Lipinski definition) is 3. The maximum absolute atomic E-state index is 13.1. The fourth-order valence-electron chi connectivity index (χ4n) is 2.82. The van der Waals surface area contributed by atoms with Crippen LogP contribution in [0.2, 0.25) is 0 Å². The van der Waals surface area contributed by atoms with Gasteiger partial charge in [0.2, 0.25) is 0 Å². The van der Waals surface area contributed by atoms with E-state index in [1.807, 2.05) is 0 Å². The van der Waals surface area contributed by atoms with Crippen molar-refractivity contribution in [1.29, 1.82) is 0 Å². The summed E-state index contributed by atoms with van der Waals surface area (Å²) in [5.41, 5.74) is -0.882. The molecule has 0 heterocycles. The number of benzene rings is 1. The number of halogens is 3. The van der Waals surface area contributed by atoms with Gasteiger partial charge in [0.25, 0.3) is 0 Å². The Labute approximate surface area is 138 Å². The molecule has 24 heavy (non-hydrogen) atoms. The lowest BCUT2D eigenvalue weighted by molar-refractivity contribution is -0.138. The number of carbonyl (C=O) groups is 1. The predicted octanol–water partition coefficient (Wildman–Crippen LogP) is 2.67. The number of aliphatic hydroxyl groups is 1. The zero-order chi connectivity index (χ0) is 17.7. The van der Waals surface area contributed by atoms with Crippen LogP contribution in [0.15, 0.2) is 18.2 Å². The number of alkyl halides is 3. The van der Waals surface area contributed by atoms with Crippen LogP contribution < -0.4 is 15.4 Å². The lowest BCUT2D eigenvalue weighted by atomic mass is 10.1. The molecule has 134 valence electrons. The number of methoxy groups -OCH3 is 1. The lowest BCUT2D eigenvalue weighted by Crippen LogP contribution is -2.39. The zero-order valence-electron chi connectivity index (χ0n) is 13.3. The van der Waals surface area contributed by atoms with Gasteiger partial charge in [-0.25, -0.2) is 4.79 Å². The monoisotopic (exact) mass is 346 g/mol. The van der Waals surface area contributed by atoms with E-state index in [1.165, 1.54) is 19.2 Å². The number of carbonyl (C=O) groups excluding carboxylic acids is 1. The van der Waals surface area contributed by atoms with Gasteiger partial charge in [-0.3, -0.25) is 0 Å². The van der Waals surface area contributed by atoms with Gasteiger partial charge in [-0.05, 0) is 30.5 Å². The number of rotatable bonds is 5. The second-order valence-corrected chi connectivity index (χ2v) is 5.84. The average molecular weight is 346 g/mol. The summed E-state index contributed by atoms with van der Waals surface area (Å²) in [6.45, 7) is 0.0552. The molecular weight excluding hydrogens is 325 g/mol. The number of aliphatic hydroxyl groups excluding tert-OH is 1. The van der Waals surface area contributed by atoms with Gasteiger partial charge >= 0.3 is 12.2 Å². The van der Waals surface area contributed by atoms with E-state index in [0.717, 1.165) is 25.3 Å². The quantitative estimate of drug-likeness (QED) is 0.768. The van der Waals surface area contributed by atoms with Gasteiger partial charge < -0.3 is 20.5 Å². The highest BCUT2D eigenvalue weighted by atomic mass is 19.4. The Morgan fingerprint density at radius 1 is 1.33 bits per heavy atom. The molecule has 0 aliphatic heterocycles. The van der Waals surface area contributed by atoms with E-state index >= 15 is 0 Å². The van der Waals surface area contributed by atoms with Crippen LogP contribution in [-0.2, 0) is 12.7 Å². The van der Waals surface area contributed by atoms with Crippen LogP contribution in [0.1, 0.15) is 30.4 Å². The summed E-state index contributed by atoms with van der Waals surface area (Å²) in [6, 6.07) is 3.05. The molecule has 1 aromatic rings. The molecule has 0 spiro atoms. The van der Waals surface area contributed by atoms with E-state index in [1.54, 1.807) is 0 Å². The number of urea groups is 1. The number of ether oxygens (including phenoxy) is 1. The molecule has 2 rings (SSSR count). The van der Waals surface area contributed by atoms with Crippen LogP contribution >= 0.6 is 0 Å². The van der Waals surface area contributed by atoms with Crippen molar-refractivity contribution >= 4 is 6.03 Å². The predicted molar refractivity (Wildman–Crippen MR) is 81.6 cm³/mol. The number of amides is 2. The third-order valence-corrected chi connectivity index (χ3v) is 4.21. The van der Waals surface area contributed by atoms with Crippen LogP contribution in [0.25, 0.3) is 0 Å². The molecule has 0 bridgehead atoms. The standard InChI is InChI=1S/C16H21F3N2O3/c1-24-12-6-5-10(13(7-12)16(17,18)19)8-20-15(23)21-9-11-3-2-4-14(11)22/h5-7,11,14,22H,2-4,8-9H2,1H3,(H2,20,21,23). The molecule has 5 nitrogen and oxygen atoms in total. The number of hydrogen-bond donors (Lipinski definition) is 3. The van der Waals surface area contributed by atoms with Gasteiger partial charge in [-0.2, -0.15) is 13.2 Å². The van der Waals surface area contributed by atoms with Crippen molar-refractivity contribution < 1.29 is 27.8 Å². The second kappa shape index (κ2) is 7.74. The van der Waals surface area contributed by atoms with Crippen molar-refractivity contribution in [2.45, 2.75) is 38.1 Å². The molecule has 1 aromatic carbocycles. The highest BCUT2D eigenvalue weighted by Crippen LogP contribution is 2.34. The van der Waals surface area contributed by atoms with Crippen LogP contribution in [0.5, 0.6) is 5.75 Å². The Kier molecular flexibility index (Phi) is 5.93. The summed E-state index contributed by atoms with van der Waals surface area (Å²) in [7, 11) is 1.29. The minimum Gasteiger partial charge on any atom is -0.497 e. The summed E-state index contributed by atoms with van der Waals surface area (Å²) in [6.07, 6.45) is -2.50. The molecule has 8 heteroatoms. The van der Waals surface area contributed by atoms with Crippen LogP contribution in [0.4, 0.5) is 18.0 Å². The van der Waals surface area contributed by atoms with Crippen molar-refractivity contribution in [3.63, 3.8) is 0 Å². The Balaban J connectivity index is 1.92. The van der Waals surface area contributed by atoms with E-state index < -0.39 is 23.9 Å². The van der Waals surface area contributed by atoms with Gasteiger partial charge in [0.05, 0.1) is 18.8 Å². The molecular formula is C16H21F3N2O3. The molecule has 0 radical (unpaired) electrons. The highest BCUT2D eigenvalue weighted by Gasteiger charge is 2.34. The first-order valence-electron chi connectivity index (χ1n) is 7.75. The average Bonchev–Trinajstić information content (AvgIpc) is 2.95. The van der Waals surface area contributed by atoms with Crippen molar-refractivity contribution in [2.75, 3.05) is 13.7 Å². The van der Waals surface area contributed by atoms with E-state index in [-0.39, 0.29) is 23.8 Å². The third-order valence-electron chi connectivity index (χ3n) is 4.21. The maximum Gasteiger partial charge on any atom is 0.416 e. The van der Waals surface area contributed by atoms with E-state index in [0.29, 0.717) is 6.54 Å². The van der Waals surface area contributed by atoms with E-state index in [2.05, 4.69) is 10.6 Å². The van der Waals surface area contributed by atoms with Crippen molar-refractivity contribution in [1.82, 2.24) is 10.6 Å². The summed E-state index contributed by atoms with van der Waals surface area (Å²) in [5, 5.41) is 14.7. The molecule has 1 aliphatic carbocycles. The Morgan fingerprint density at radius 3 is 2.67 bits per heavy atom. The first-order valence-corrected chi connectivity index (χ1v) is 7.75. The minimum absolute atomic E-state index is 0.00229. The zero-order valence-corrected chi connectivity index (χ0v) is 13.3.